The van der Waals surface area contributed by atoms with Gasteiger partial charge in [-0.3, -0.25) is 4.79 Å². The molecule has 0 aromatic heterocycles. The van der Waals surface area contributed by atoms with Crippen LogP contribution in [-0.4, -0.2) is 42.6 Å². The van der Waals surface area contributed by atoms with E-state index in [1.807, 2.05) is 29.2 Å². The van der Waals surface area contributed by atoms with E-state index in [4.69, 9.17) is 4.74 Å². The molecule has 2 aliphatic rings. The zero-order chi connectivity index (χ0) is 13.4. The standard InChI is InChI=1S/C15H20N2O2/c1-10-8-17(11(2)7-16-10)15(18)13-9-19-14-6-4-3-5-12(13)14/h3-6,10-11,13,16H,7-9H2,1-2H3. The number of hydrogen-bond donors (Lipinski definition) is 1. The summed E-state index contributed by atoms with van der Waals surface area (Å²) in [4.78, 5) is 14.7. The number of fused-ring (bicyclic) bond motifs is 1. The van der Waals surface area contributed by atoms with Crippen LogP contribution in [0.4, 0.5) is 0 Å². The molecule has 1 aromatic carbocycles. The van der Waals surface area contributed by atoms with E-state index in [0.717, 1.165) is 24.4 Å². The molecule has 1 amide bonds. The fourth-order valence-electron chi connectivity index (χ4n) is 2.90. The van der Waals surface area contributed by atoms with E-state index in [0.29, 0.717) is 12.6 Å². The Hall–Kier alpha value is -1.55. The molecule has 0 aliphatic carbocycles. The molecule has 0 saturated carbocycles. The van der Waals surface area contributed by atoms with Gasteiger partial charge in [-0.25, -0.2) is 0 Å². The smallest absolute Gasteiger partial charge is 0.234 e. The second kappa shape index (κ2) is 4.85. The molecule has 2 aliphatic heterocycles. The van der Waals surface area contributed by atoms with E-state index in [1.54, 1.807) is 0 Å². The third-order valence-corrected chi connectivity index (χ3v) is 4.05. The van der Waals surface area contributed by atoms with E-state index in [-0.39, 0.29) is 17.9 Å². The van der Waals surface area contributed by atoms with Crippen LogP contribution in [0.2, 0.25) is 0 Å². The van der Waals surface area contributed by atoms with Gasteiger partial charge in [0.05, 0.1) is 0 Å². The Labute approximate surface area is 113 Å². The van der Waals surface area contributed by atoms with Crippen LogP contribution in [0.5, 0.6) is 5.75 Å². The van der Waals surface area contributed by atoms with Crippen molar-refractivity contribution >= 4 is 5.91 Å². The van der Waals surface area contributed by atoms with Crippen LogP contribution in [0.25, 0.3) is 0 Å². The van der Waals surface area contributed by atoms with Gasteiger partial charge >= 0.3 is 0 Å². The molecule has 102 valence electrons. The predicted octanol–water partition coefficient (Wildman–Crippen LogP) is 1.37. The summed E-state index contributed by atoms with van der Waals surface area (Å²) in [6.45, 7) is 6.33. The Balaban J connectivity index is 1.81. The van der Waals surface area contributed by atoms with Gasteiger partial charge in [0.2, 0.25) is 5.91 Å². The summed E-state index contributed by atoms with van der Waals surface area (Å²) in [7, 11) is 0. The molecule has 4 heteroatoms. The van der Waals surface area contributed by atoms with Crippen molar-refractivity contribution in [3.8, 4) is 5.75 Å². The topological polar surface area (TPSA) is 41.6 Å². The maximum atomic E-state index is 12.7. The molecule has 1 N–H and O–H groups in total. The zero-order valence-corrected chi connectivity index (χ0v) is 11.4. The summed E-state index contributed by atoms with van der Waals surface area (Å²) in [6, 6.07) is 8.46. The maximum Gasteiger partial charge on any atom is 0.234 e. The van der Waals surface area contributed by atoms with Crippen LogP contribution in [0, 0.1) is 0 Å². The van der Waals surface area contributed by atoms with E-state index in [9.17, 15) is 4.79 Å². The molecule has 19 heavy (non-hydrogen) atoms. The molecular weight excluding hydrogens is 240 g/mol. The van der Waals surface area contributed by atoms with Crippen molar-refractivity contribution in [2.75, 3.05) is 19.7 Å². The number of para-hydroxylation sites is 1. The highest BCUT2D eigenvalue weighted by Crippen LogP contribution is 2.35. The van der Waals surface area contributed by atoms with E-state index < -0.39 is 0 Å². The summed E-state index contributed by atoms with van der Waals surface area (Å²) in [5.74, 6) is 0.923. The average molecular weight is 260 g/mol. The lowest BCUT2D eigenvalue weighted by Crippen LogP contribution is -2.57. The molecule has 1 aromatic rings. The van der Waals surface area contributed by atoms with Gasteiger partial charge in [0.15, 0.2) is 0 Å². The number of nitrogens with one attached hydrogen (secondary N) is 1. The van der Waals surface area contributed by atoms with Crippen molar-refractivity contribution in [3.05, 3.63) is 29.8 Å². The summed E-state index contributed by atoms with van der Waals surface area (Å²) >= 11 is 0. The van der Waals surface area contributed by atoms with Crippen molar-refractivity contribution in [1.82, 2.24) is 10.2 Å². The van der Waals surface area contributed by atoms with Crippen LogP contribution >= 0.6 is 0 Å². The van der Waals surface area contributed by atoms with Gasteiger partial charge in [0.25, 0.3) is 0 Å². The van der Waals surface area contributed by atoms with Crippen molar-refractivity contribution < 1.29 is 9.53 Å². The van der Waals surface area contributed by atoms with Crippen LogP contribution in [0.15, 0.2) is 24.3 Å². The fraction of sp³-hybridized carbons (Fsp3) is 0.533. The normalized spacial score (nSPS) is 29.8. The lowest BCUT2D eigenvalue weighted by molar-refractivity contribution is -0.136. The van der Waals surface area contributed by atoms with Crippen LogP contribution in [0.3, 0.4) is 0 Å². The van der Waals surface area contributed by atoms with Gasteiger partial charge in [-0.15, -0.1) is 0 Å². The monoisotopic (exact) mass is 260 g/mol. The van der Waals surface area contributed by atoms with Crippen molar-refractivity contribution in [2.24, 2.45) is 0 Å². The summed E-state index contributed by atoms with van der Waals surface area (Å²) in [5.41, 5.74) is 1.03. The van der Waals surface area contributed by atoms with Crippen molar-refractivity contribution in [1.29, 1.82) is 0 Å². The second-order valence-corrected chi connectivity index (χ2v) is 5.55. The molecule has 0 bridgehead atoms. The lowest BCUT2D eigenvalue weighted by atomic mass is 9.98. The number of ether oxygens (including phenoxy) is 1. The number of nitrogens with zero attached hydrogens (tertiary/aromatic N) is 1. The number of amides is 1. The van der Waals surface area contributed by atoms with Crippen molar-refractivity contribution in [2.45, 2.75) is 31.8 Å². The van der Waals surface area contributed by atoms with Gasteiger partial charge in [0.1, 0.15) is 18.3 Å². The highest BCUT2D eigenvalue weighted by atomic mass is 16.5. The Morgan fingerprint density at radius 1 is 1.37 bits per heavy atom. The first kappa shape index (κ1) is 12.5. The molecule has 0 radical (unpaired) electrons. The minimum atomic E-state index is -0.135. The molecule has 1 fully saturated rings. The largest absolute Gasteiger partial charge is 0.492 e. The van der Waals surface area contributed by atoms with Gasteiger partial charge in [-0.05, 0) is 19.9 Å². The molecule has 2 heterocycles. The van der Waals surface area contributed by atoms with E-state index in [1.165, 1.54) is 0 Å². The highest BCUT2D eigenvalue weighted by Gasteiger charge is 2.36. The van der Waals surface area contributed by atoms with Crippen LogP contribution in [-0.2, 0) is 4.79 Å². The predicted molar refractivity (Wildman–Crippen MR) is 73.3 cm³/mol. The number of carbonyl (C=O) groups excluding carboxylic acids is 1. The molecule has 3 rings (SSSR count). The zero-order valence-electron chi connectivity index (χ0n) is 11.4. The number of piperazine rings is 1. The minimum Gasteiger partial charge on any atom is -0.492 e. The Morgan fingerprint density at radius 2 is 2.16 bits per heavy atom. The Kier molecular flexibility index (Phi) is 3.19. The number of hydrogen-bond acceptors (Lipinski definition) is 3. The molecule has 3 unspecified atom stereocenters. The van der Waals surface area contributed by atoms with Crippen molar-refractivity contribution in [3.63, 3.8) is 0 Å². The summed E-state index contributed by atoms with van der Waals surface area (Å²) in [6.07, 6.45) is 0. The average Bonchev–Trinajstić information content (AvgIpc) is 2.84. The van der Waals surface area contributed by atoms with Crippen LogP contribution in [0.1, 0.15) is 25.3 Å². The quantitative estimate of drug-likeness (QED) is 0.829. The van der Waals surface area contributed by atoms with Gasteiger partial charge in [-0.1, -0.05) is 18.2 Å². The minimum absolute atomic E-state index is 0.135. The molecule has 4 nitrogen and oxygen atoms in total. The molecular formula is C15H20N2O2. The Bertz CT molecular complexity index is 489. The number of rotatable bonds is 1. The SMILES string of the molecule is CC1CN(C(=O)C2COc3ccccc32)C(C)CN1. The van der Waals surface area contributed by atoms with Gasteiger partial charge < -0.3 is 15.0 Å². The first-order chi connectivity index (χ1) is 9.16. The van der Waals surface area contributed by atoms with Gasteiger partial charge in [-0.2, -0.15) is 0 Å². The third-order valence-electron chi connectivity index (χ3n) is 4.05. The number of benzene rings is 1. The molecule has 1 saturated heterocycles. The van der Waals surface area contributed by atoms with E-state index in [2.05, 4.69) is 19.2 Å². The Morgan fingerprint density at radius 3 is 3.00 bits per heavy atom. The first-order valence-electron chi connectivity index (χ1n) is 6.92. The lowest BCUT2D eigenvalue weighted by Gasteiger charge is -2.38. The van der Waals surface area contributed by atoms with E-state index >= 15 is 0 Å². The van der Waals surface area contributed by atoms with Gasteiger partial charge in [0, 0.05) is 30.7 Å². The third kappa shape index (κ3) is 2.21. The molecule has 3 atom stereocenters. The fourth-order valence-corrected chi connectivity index (χ4v) is 2.90. The highest BCUT2D eigenvalue weighted by molar-refractivity contribution is 5.86. The maximum absolute atomic E-state index is 12.7. The summed E-state index contributed by atoms with van der Waals surface area (Å²) in [5, 5.41) is 3.40. The number of carbonyl (C=O) groups is 1. The first-order valence-corrected chi connectivity index (χ1v) is 6.92. The summed E-state index contributed by atoms with van der Waals surface area (Å²) < 4.78 is 5.62. The van der Waals surface area contributed by atoms with Crippen LogP contribution < -0.4 is 10.1 Å². The molecule has 0 spiro atoms. The second-order valence-electron chi connectivity index (χ2n) is 5.55.